The van der Waals surface area contributed by atoms with E-state index in [4.69, 9.17) is 0 Å². The number of hydrogen-bond donors (Lipinski definition) is 1. The van der Waals surface area contributed by atoms with E-state index in [1.807, 2.05) is 13.8 Å². The molecule has 0 amide bonds. The van der Waals surface area contributed by atoms with Gasteiger partial charge in [-0.15, -0.1) is 0 Å². The molecule has 1 aromatic heterocycles. The maximum Gasteiger partial charge on any atom is 0.228 e. The molecule has 0 aromatic carbocycles. The minimum atomic E-state index is 0.529. The van der Waals surface area contributed by atoms with Gasteiger partial charge in [0, 0.05) is 24.8 Å². The average Bonchev–Trinajstić information content (AvgIpc) is 2.22. The first kappa shape index (κ1) is 11.0. The third-order valence-electron chi connectivity index (χ3n) is 1.51. The SMILES string of the molecule is C=N/C=C\N=C(/C)Nc1ncc(C)cn1. The smallest absolute Gasteiger partial charge is 0.228 e. The van der Waals surface area contributed by atoms with Crippen LogP contribution in [0.5, 0.6) is 0 Å². The third-order valence-corrected chi connectivity index (χ3v) is 1.51. The van der Waals surface area contributed by atoms with E-state index in [-0.39, 0.29) is 0 Å². The molecule has 1 heterocycles. The van der Waals surface area contributed by atoms with E-state index in [1.165, 1.54) is 6.20 Å². The van der Waals surface area contributed by atoms with Crippen LogP contribution in [0.1, 0.15) is 12.5 Å². The van der Waals surface area contributed by atoms with Crippen molar-refractivity contribution in [3.63, 3.8) is 0 Å². The van der Waals surface area contributed by atoms with E-state index in [0.717, 1.165) is 5.56 Å². The van der Waals surface area contributed by atoms with Crippen LogP contribution < -0.4 is 5.32 Å². The normalized spacial score (nSPS) is 11.7. The van der Waals surface area contributed by atoms with Crippen molar-refractivity contribution >= 4 is 18.5 Å². The number of anilines is 1. The van der Waals surface area contributed by atoms with E-state index in [1.54, 1.807) is 18.6 Å². The van der Waals surface area contributed by atoms with Crippen molar-refractivity contribution in [3.8, 4) is 0 Å². The Bertz CT molecular complexity index is 377. The molecule has 1 aromatic rings. The molecule has 0 aliphatic rings. The lowest BCUT2D eigenvalue weighted by Crippen LogP contribution is -2.09. The second-order valence-corrected chi connectivity index (χ2v) is 2.90. The monoisotopic (exact) mass is 203 g/mol. The second-order valence-electron chi connectivity index (χ2n) is 2.90. The van der Waals surface area contributed by atoms with Crippen molar-refractivity contribution < 1.29 is 0 Å². The molecule has 0 saturated heterocycles. The van der Waals surface area contributed by atoms with Crippen LogP contribution in [0.15, 0.2) is 34.8 Å². The number of aliphatic imine (C=N–C) groups is 2. The molecule has 0 atom stereocenters. The fourth-order valence-corrected chi connectivity index (χ4v) is 0.843. The first-order valence-electron chi connectivity index (χ1n) is 4.43. The van der Waals surface area contributed by atoms with Crippen LogP contribution in [-0.4, -0.2) is 22.5 Å². The van der Waals surface area contributed by atoms with Crippen molar-refractivity contribution in [1.29, 1.82) is 0 Å². The number of aryl methyl sites for hydroxylation is 1. The van der Waals surface area contributed by atoms with Crippen LogP contribution in [0.4, 0.5) is 5.95 Å². The standard InChI is InChI=1S/C10H13N5/c1-8-6-13-10(14-7-8)15-9(2)12-5-4-11-3/h4-7H,3H2,1-2H3,(H,12,13,14,15)/b5-4-. The van der Waals surface area contributed by atoms with Crippen molar-refractivity contribution in [2.24, 2.45) is 9.98 Å². The van der Waals surface area contributed by atoms with E-state index in [9.17, 15) is 0 Å². The molecule has 0 bridgehead atoms. The summed E-state index contributed by atoms with van der Waals surface area (Å²) in [5.74, 6) is 1.22. The first-order valence-corrected chi connectivity index (χ1v) is 4.43. The van der Waals surface area contributed by atoms with E-state index in [0.29, 0.717) is 11.8 Å². The number of hydrogen-bond acceptors (Lipinski definition) is 4. The van der Waals surface area contributed by atoms with E-state index in [2.05, 4.69) is 32.0 Å². The van der Waals surface area contributed by atoms with Crippen molar-refractivity contribution in [2.75, 3.05) is 5.32 Å². The fourth-order valence-electron chi connectivity index (χ4n) is 0.843. The number of aromatic nitrogens is 2. The van der Waals surface area contributed by atoms with Crippen molar-refractivity contribution in [2.45, 2.75) is 13.8 Å². The lowest BCUT2D eigenvalue weighted by atomic mass is 10.4. The molecule has 0 saturated carbocycles. The molecule has 15 heavy (non-hydrogen) atoms. The van der Waals surface area contributed by atoms with Crippen LogP contribution in [0, 0.1) is 6.92 Å². The molecule has 0 aliphatic heterocycles. The summed E-state index contributed by atoms with van der Waals surface area (Å²) in [4.78, 5) is 15.7. The number of nitrogens with one attached hydrogen (secondary N) is 1. The minimum Gasteiger partial charge on any atom is -0.313 e. The molecule has 0 radical (unpaired) electrons. The van der Waals surface area contributed by atoms with Crippen molar-refractivity contribution in [3.05, 3.63) is 30.4 Å². The summed E-state index contributed by atoms with van der Waals surface area (Å²) in [6, 6.07) is 0. The third kappa shape index (κ3) is 4.12. The van der Waals surface area contributed by atoms with Gasteiger partial charge >= 0.3 is 0 Å². The largest absolute Gasteiger partial charge is 0.313 e. The minimum absolute atomic E-state index is 0.529. The number of nitrogens with zero attached hydrogens (tertiary/aromatic N) is 4. The van der Waals surface area contributed by atoms with Crippen LogP contribution in [0.3, 0.4) is 0 Å². The highest BCUT2D eigenvalue weighted by Gasteiger charge is 1.94. The summed E-state index contributed by atoms with van der Waals surface area (Å²) in [5.41, 5.74) is 1.02. The maximum absolute atomic E-state index is 4.08. The van der Waals surface area contributed by atoms with Crippen molar-refractivity contribution in [1.82, 2.24) is 9.97 Å². The molecule has 0 spiro atoms. The van der Waals surface area contributed by atoms with Gasteiger partial charge in [0.15, 0.2) is 0 Å². The Labute approximate surface area is 88.7 Å². The molecule has 1 N–H and O–H groups in total. The zero-order valence-corrected chi connectivity index (χ0v) is 8.81. The molecule has 5 nitrogen and oxygen atoms in total. The Balaban J connectivity index is 2.61. The van der Waals surface area contributed by atoms with Gasteiger partial charge in [0.1, 0.15) is 5.84 Å². The van der Waals surface area contributed by atoms with E-state index < -0.39 is 0 Å². The number of amidine groups is 1. The molecule has 0 aliphatic carbocycles. The Morgan fingerprint density at radius 3 is 2.67 bits per heavy atom. The molecule has 0 unspecified atom stereocenters. The summed E-state index contributed by atoms with van der Waals surface area (Å²) >= 11 is 0. The lowest BCUT2D eigenvalue weighted by molar-refractivity contribution is 1.13. The molecule has 5 heteroatoms. The lowest BCUT2D eigenvalue weighted by Gasteiger charge is -2.01. The Kier molecular flexibility index (Phi) is 4.15. The van der Waals surface area contributed by atoms with Crippen LogP contribution in [0.25, 0.3) is 0 Å². The highest BCUT2D eigenvalue weighted by atomic mass is 15.1. The van der Waals surface area contributed by atoms with Crippen LogP contribution in [0.2, 0.25) is 0 Å². The Morgan fingerprint density at radius 2 is 2.07 bits per heavy atom. The van der Waals surface area contributed by atoms with E-state index >= 15 is 0 Å². The van der Waals surface area contributed by atoms with Gasteiger partial charge in [0.25, 0.3) is 0 Å². The maximum atomic E-state index is 4.08. The molecule has 1 rings (SSSR count). The zero-order chi connectivity index (χ0) is 11.1. The predicted molar refractivity (Wildman–Crippen MR) is 62.2 cm³/mol. The van der Waals surface area contributed by atoms with Gasteiger partial charge in [0.2, 0.25) is 5.95 Å². The summed E-state index contributed by atoms with van der Waals surface area (Å²) in [5, 5.41) is 2.94. The van der Waals surface area contributed by atoms with Gasteiger partial charge < -0.3 is 5.32 Å². The topological polar surface area (TPSA) is 62.5 Å². The number of rotatable bonds is 3. The molecular formula is C10H13N5. The summed E-state index contributed by atoms with van der Waals surface area (Å²) in [6.45, 7) is 7.05. The second kappa shape index (κ2) is 5.64. The molecule has 0 fully saturated rings. The molecular weight excluding hydrogens is 190 g/mol. The van der Waals surface area contributed by atoms with Gasteiger partial charge in [-0.1, -0.05) is 0 Å². The zero-order valence-electron chi connectivity index (χ0n) is 8.81. The quantitative estimate of drug-likeness (QED) is 0.601. The summed E-state index contributed by atoms with van der Waals surface area (Å²) in [6.07, 6.45) is 6.53. The predicted octanol–water partition coefficient (Wildman–Crippen LogP) is 1.79. The van der Waals surface area contributed by atoms with Crippen LogP contribution in [-0.2, 0) is 0 Å². The summed E-state index contributed by atoms with van der Waals surface area (Å²) in [7, 11) is 0. The van der Waals surface area contributed by atoms with Crippen LogP contribution >= 0.6 is 0 Å². The summed E-state index contributed by atoms with van der Waals surface area (Å²) < 4.78 is 0. The molecule has 78 valence electrons. The first-order chi connectivity index (χ1) is 7.22. The Hall–Kier alpha value is -2.04. The van der Waals surface area contributed by atoms with Gasteiger partial charge in [0.05, 0.1) is 0 Å². The highest BCUT2D eigenvalue weighted by molar-refractivity contribution is 5.92. The Morgan fingerprint density at radius 1 is 1.40 bits per heavy atom. The van der Waals surface area contributed by atoms with Gasteiger partial charge in [-0.3, -0.25) is 4.99 Å². The van der Waals surface area contributed by atoms with Gasteiger partial charge in [-0.05, 0) is 26.1 Å². The van der Waals surface area contributed by atoms with Gasteiger partial charge in [-0.25, -0.2) is 15.0 Å². The highest BCUT2D eigenvalue weighted by Crippen LogP contribution is 1.98. The van der Waals surface area contributed by atoms with Gasteiger partial charge in [-0.2, -0.15) is 0 Å². The average molecular weight is 203 g/mol. The fraction of sp³-hybridized carbons (Fsp3) is 0.200.